The molecule has 92 valence electrons. The molecule has 0 unspecified atom stereocenters. The van der Waals surface area contributed by atoms with Crippen LogP contribution in [-0.2, 0) is 13.5 Å². The molecular weight excluding hydrogens is 226 g/mol. The van der Waals surface area contributed by atoms with Crippen molar-refractivity contribution < 1.29 is 4.74 Å². The lowest BCUT2D eigenvalue weighted by Gasteiger charge is -2.07. The van der Waals surface area contributed by atoms with Crippen molar-refractivity contribution in [3.05, 3.63) is 41.1 Å². The van der Waals surface area contributed by atoms with Crippen molar-refractivity contribution in [2.75, 3.05) is 0 Å². The molecule has 1 aromatic carbocycles. The molecule has 0 radical (unpaired) electrons. The van der Waals surface area contributed by atoms with Crippen molar-refractivity contribution in [1.29, 1.82) is 5.26 Å². The van der Waals surface area contributed by atoms with E-state index in [1.165, 1.54) is 5.56 Å². The van der Waals surface area contributed by atoms with Crippen LogP contribution in [0.15, 0.2) is 24.3 Å². The lowest BCUT2D eigenvalue weighted by atomic mass is 10.2. The molecule has 0 amide bonds. The van der Waals surface area contributed by atoms with E-state index >= 15 is 0 Å². The standard InChI is InChI=1S/C14H15N3O/c1-4-11-6-5-7-12(8-11)18-14-13(9-15)10(2)16-17(14)3/h5-8H,4H2,1-3H3. The number of nitrogens with zero attached hydrogens (tertiary/aromatic N) is 3. The summed E-state index contributed by atoms with van der Waals surface area (Å²) in [6.07, 6.45) is 0.951. The summed E-state index contributed by atoms with van der Waals surface area (Å²) >= 11 is 0. The highest BCUT2D eigenvalue weighted by molar-refractivity contribution is 5.44. The van der Waals surface area contributed by atoms with E-state index in [-0.39, 0.29) is 0 Å². The van der Waals surface area contributed by atoms with Crippen LogP contribution in [0.1, 0.15) is 23.7 Å². The number of ether oxygens (including phenoxy) is 1. The first kappa shape index (κ1) is 12.2. The van der Waals surface area contributed by atoms with Gasteiger partial charge in [-0.15, -0.1) is 0 Å². The Bertz CT molecular complexity index is 608. The van der Waals surface area contributed by atoms with Crippen molar-refractivity contribution >= 4 is 0 Å². The molecule has 0 aliphatic rings. The first-order valence-electron chi connectivity index (χ1n) is 5.86. The number of nitriles is 1. The zero-order chi connectivity index (χ0) is 13.1. The third kappa shape index (κ3) is 2.21. The molecule has 18 heavy (non-hydrogen) atoms. The number of benzene rings is 1. The molecule has 4 nitrogen and oxygen atoms in total. The van der Waals surface area contributed by atoms with E-state index in [2.05, 4.69) is 18.1 Å². The largest absolute Gasteiger partial charge is 0.438 e. The maximum absolute atomic E-state index is 9.11. The number of rotatable bonds is 3. The highest BCUT2D eigenvalue weighted by Crippen LogP contribution is 2.27. The Hall–Kier alpha value is -2.28. The van der Waals surface area contributed by atoms with E-state index in [9.17, 15) is 0 Å². The Morgan fingerprint density at radius 3 is 2.89 bits per heavy atom. The monoisotopic (exact) mass is 241 g/mol. The molecule has 2 aromatic rings. The first-order valence-corrected chi connectivity index (χ1v) is 5.86. The van der Waals surface area contributed by atoms with E-state index < -0.39 is 0 Å². The average molecular weight is 241 g/mol. The van der Waals surface area contributed by atoms with Crippen LogP contribution in [0.2, 0.25) is 0 Å². The van der Waals surface area contributed by atoms with Crippen LogP contribution in [0.4, 0.5) is 0 Å². The van der Waals surface area contributed by atoms with Crippen LogP contribution < -0.4 is 4.74 Å². The van der Waals surface area contributed by atoms with Crippen LogP contribution >= 0.6 is 0 Å². The second-order valence-electron chi connectivity index (χ2n) is 4.10. The minimum Gasteiger partial charge on any atom is -0.438 e. The van der Waals surface area contributed by atoms with Crippen molar-refractivity contribution in [2.45, 2.75) is 20.3 Å². The number of hydrogen-bond donors (Lipinski definition) is 0. The summed E-state index contributed by atoms with van der Waals surface area (Å²) in [7, 11) is 1.77. The highest BCUT2D eigenvalue weighted by Gasteiger charge is 2.14. The van der Waals surface area contributed by atoms with Crippen molar-refractivity contribution in [1.82, 2.24) is 9.78 Å². The molecule has 0 bridgehead atoms. The van der Waals surface area contributed by atoms with Crippen LogP contribution in [0, 0.1) is 18.3 Å². The topological polar surface area (TPSA) is 50.8 Å². The molecule has 2 rings (SSSR count). The molecule has 1 heterocycles. The molecule has 0 N–H and O–H groups in total. The minimum atomic E-state index is 0.486. The van der Waals surface area contributed by atoms with Gasteiger partial charge in [0.2, 0.25) is 5.88 Å². The Balaban J connectivity index is 2.37. The molecule has 0 fully saturated rings. The summed E-state index contributed by atoms with van der Waals surface area (Å²) in [5.74, 6) is 1.22. The number of aryl methyl sites for hydroxylation is 3. The van der Waals surface area contributed by atoms with Gasteiger partial charge in [-0.2, -0.15) is 10.4 Å². The van der Waals surface area contributed by atoms with Gasteiger partial charge in [0.1, 0.15) is 17.4 Å². The van der Waals surface area contributed by atoms with Gasteiger partial charge in [0.15, 0.2) is 0 Å². The molecule has 0 saturated heterocycles. The fraction of sp³-hybridized carbons (Fsp3) is 0.286. The SMILES string of the molecule is CCc1cccc(Oc2c(C#N)c(C)nn2C)c1. The van der Waals surface area contributed by atoms with E-state index in [0.29, 0.717) is 17.1 Å². The van der Waals surface area contributed by atoms with Gasteiger partial charge in [0, 0.05) is 7.05 Å². The van der Waals surface area contributed by atoms with Crippen molar-refractivity contribution in [2.24, 2.45) is 7.05 Å². The zero-order valence-corrected chi connectivity index (χ0v) is 10.8. The zero-order valence-electron chi connectivity index (χ0n) is 10.8. The summed E-state index contributed by atoms with van der Waals surface area (Å²) < 4.78 is 7.36. The maximum atomic E-state index is 9.11. The summed E-state index contributed by atoms with van der Waals surface area (Å²) in [6.45, 7) is 3.89. The lowest BCUT2D eigenvalue weighted by Crippen LogP contribution is -1.96. The van der Waals surface area contributed by atoms with Gasteiger partial charge in [-0.05, 0) is 31.0 Å². The highest BCUT2D eigenvalue weighted by atomic mass is 16.5. The second kappa shape index (κ2) is 4.92. The molecule has 0 spiro atoms. The Labute approximate surface area is 106 Å². The number of aromatic nitrogens is 2. The molecule has 0 saturated carbocycles. The van der Waals surface area contributed by atoms with E-state index in [4.69, 9.17) is 10.00 Å². The normalized spacial score (nSPS) is 10.1. The molecular formula is C14H15N3O. The van der Waals surface area contributed by atoms with Gasteiger partial charge >= 0.3 is 0 Å². The van der Waals surface area contributed by atoms with Gasteiger partial charge < -0.3 is 4.74 Å². The van der Waals surface area contributed by atoms with Crippen LogP contribution in [0.3, 0.4) is 0 Å². The fourth-order valence-electron chi connectivity index (χ4n) is 1.82. The summed E-state index contributed by atoms with van der Waals surface area (Å²) in [6, 6.07) is 9.97. The first-order chi connectivity index (χ1) is 8.65. The van der Waals surface area contributed by atoms with Crippen molar-refractivity contribution in [3.63, 3.8) is 0 Å². The van der Waals surface area contributed by atoms with Crippen LogP contribution in [-0.4, -0.2) is 9.78 Å². The molecule has 0 aliphatic heterocycles. The third-order valence-corrected chi connectivity index (χ3v) is 2.80. The Morgan fingerprint density at radius 2 is 2.22 bits per heavy atom. The van der Waals surface area contributed by atoms with Crippen LogP contribution in [0.25, 0.3) is 0 Å². The second-order valence-corrected chi connectivity index (χ2v) is 4.10. The Kier molecular flexibility index (Phi) is 3.33. The van der Waals surface area contributed by atoms with E-state index in [0.717, 1.165) is 12.2 Å². The summed E-state index contributed by atoms with van der Waals surface area (Å²) in [4.78, 5) is 0. The molecule has 0 atom stereocenters. The fourth-order valence-corrected chi connectivity index (χ4v) is 1.82. The van der Waals surface area contributed by atoms with Gasteiger partial charge in [0.05, 0.1) is 5.69 Å². The quantitative estimate of drug-likeness (QED) is 0.830. The van der Waals surface area contributed by atoms with E-state index in [1.807, 2.05) is 24.3 Å². The van der Waals surface area contributed by atoms with Gasteiger partial charge in [-0.1, -0.05) is 19.1 Å². The molecule has 0 aliphatic carbocycles. The maximum Gasteiger partial charge on any atom is 0.235 e. The average Bonchev–Trinajstić information content (AvgIpc) is 2.64. The minimum absolute atomic E-state index is 0.486. The summed E-state index contributed by atoms with van der Waals surface area (Å²) in [5, 5.41) is 13.3. The van der Waals surface area contributed by atoms with Crippen LogP contribution in [0.5, 0.6) is 11.6 Å². The predicted octanol–water partition coefficient (Wildman–Crippen LogP) is 2.95. The number of hydrogen-bond acceptors (Lipinski definition) is 3. The Morgan fingerprint density at radius 1 is 1.44 bits per heavy atom. The summed E-state index contributed by atoms with van der Waals surface area (Å²) in [5.41, 5.74) is 2.37. The smallest absolute Gasteiger partial charge is 0.235 e. The van der Waals surface area contributed by atoms with Gasteiger partial charge in [-0.3, -0.25) is 0 Å². The third-order valence-electron chi connectivity index (χ3n) is 2.80. The van der Waals surface area contributed by atoms with E-state index in [1.54, 1.807) is 18.7 Å². The molecule has 4 heteroatoms. The predicted molar refractivity (Wildman–Crippen MR) is 68.6 cm³/mol. The lowest BCUT2D eigenvalue weighted by molar-refractivity contribution is 0.429. The molecule has 1 aromatic heterocycles. The van der Waals surface area contributed by atoms with Crippen molar-refractivity contribution in [3.8, 4) is 17.7 Å². The van der Waals surface area contributed by atoms with Gasteiger partial charge in [-0.25, -0.2) is 4.68 Å². The van der Waals surface area contributed by atoms with Gasteiger partial charge in [0.25, 0.3) is 0 Å².